The number of nitrogens with one attached hydrogen (secondary N) is 3. The molecule has 2 aromatic heterocycles. The van der Waals surface area contributed by atoms with Gasteiger partial charge in [-0.3, -0.25) is 5.10 Å². The van der Waals surface area contributed by atoms with Crippen LogP contribution < -0.4 is 5.32 Å². The first kappa shape index (κ1) is 11.6. The zero-order valence-electron chi connectivity index (χ0n) is 9.50. The van der Waals surface area contributed by atoms with Gasteiger partial charge in [-0.25, -0.2) is 4.98 Å². The minimum absolute atomic E-state index is 0.315. The van der Waals surface area contributed by atoms with Gasteiger partial charge in [-0.1, -0.05) is 11.6 Å². The van der Waals surface area contributed by atoms with Crippen LogP contribution in [-0.4, -0.2) is 21.4 Å². The quantitative estimate of drug-likeness (QED) is 0.578. The Balaban J connectivity index is 2.31. The largest absolute Gasteiger partial charge is 0.323 e. The van der Waals surface area contributed by atoms with Gasteiger partial charge in [0.05, 0.1) is 0 Å². The molecule has 0 aliphatic heterocycles. The van der Waals surface area contributed by atoms with Crippen LogP contribution in [-0.2, 0) is 0 Å². The van der Waals surface area contributed by atoms with Crippen molar-refractivity contribution in [3.8, 4) is 0 Å². The third-order valence-electron chi connectivity index (χ3n) is 2.33. The number of aryl methyl sites for hydroxylation is 2. The van der Waals surface area contributed by atoms with Gasteiger partial charge in [0.15, 0.2) is 5.82 Å². The Labute approximate surface area is 104 Å². The Morgan fingerprint density at radius 3 is 2.65 bits per heavy atom. The first-order chi connectivity index (χ1) is 8.10. The fraction of sp³-hybridized carbons (Fsp3) is 0.182. The lowest BCUT2D eigenvalue weighted by molar-refractivity contribution is 1.05. The molecular weight excluding hydrogens is 238 g/mol. The summed E-state index contributed by atoms with van der Waals surface area (Å²) in [6.45, 7) is 3.80. The third-order valence-corrected chi connectivity index (χ3v) is 2.61. The summed E-state index contributed by atoms with van der Waals surface area (Å²) in [6.07, 6.45) is 1.20. The number of anilines is 2. The number of pyridine rings is 1. The second kappa shape index (κ2) is 4.55. The summed E-state index contributed by atoms with van der Waals surface area (Å²) in [4.78, 5) is 4.16. The van der Waals surface area contributed by atoms with Crippen molar-refractivity contribution in [1.29, 1.82) is 5.41 Å². The lowest BCUT2D eigenvalue weighted by Gasteiger charge is -2.07. The number of hydrogen-bond donors (Lipinski definition) is 3. The summed E-state index contributed by atoms with van der Waals surface area (Å²) in [6, 6.07) is 3.70. The summed E-state index contributed by atoms with van der Waals surface area (Å²) in [5.41, 5.74) is 2.50. The highest BCUT2D eigenvalue weighted by atomic mass is 35.5. The van der Waals surface area contributed by atoms with Gasteiger partial charge in [-0.05, 0) is 25.5 Å². The van der Waals surface area contributed by atoms with Crippen molar-refractivity contribution < 1.29 is 0 Å². The predicted octanol–water partition coefficient (Wildman–Crippen LogP) is 2.82. The number of nitrogens with zero attached hydrogens (tertiary/aromatic N) is 2. The van der Waals surface area contributed by atoms with Crippen LogP contribution in [0.15, 0.2) is 12.1 Å². The summed E-state index contributed by atoms with van der Waals surface area (Å²) < 4.78 is 0. The van der Waals surface area contributed by atoms with Gasteiger partial charge in [-0.15, -0.1) is 0 Å². The Morgan fingerprint density at radius 2 is 2.12 bits per heavy atom. The van der Waals surface area contributed by atoms with Crippen molar-refractivity contribution in [2.45, 2.75) is 13.8 Å². The van der Waals surface area contributed by atoms with Crippen molar-refractivity contribution in [1.82, 2.24) is 15.2 Å². The SMILES string of the molecule is Cc1cc(Nc2cc(C)c(C=N)c(Cl)n2)n[nH]1. The molecule has 3 N–H and O–H groups in total. The van der Waals surface area contributed by atoms with E-state index in [1.54, 1.807) is 0 Å². The third kappa shape index (κ3) is 2.45. The molecule has 6 heteroatoms. The second-order valence-electron chi connectivity index (χ2n) is 3.73. The number of H-pyrrole nitrogens is 1. The zero-order valence-corrected chi connectivity index (χ0v) is 10.3. The van der Waals surface area contributed by atoms with E-state index in [2.05, 4.69) is 20.5 Å². The van der Waals surface area contributed by atoms with E-state index in [0.29, 0.717) is 22.4 Å². The van der Waals surface area contributed by atoms with E-state index in [0.717, 1.165) is 11.3 Å². The molecule has 0 aliphatic rings. The fourth-order valence-corrected chi connectivity index (χ4v) is 1.79. The van der Waals surface area contributed by atoms with Crippen molar-refractivity contribution in [2.24, 2.45) is 0 Å². The molecule has 2 aromatic rings. The monoisotopic (exact) mass is 249 g/mol. The molecule has 88 valence electrons. The van der Waals surface area contributed by atoms with E-state index in [1.165, 1.54) is 6.21 Å². The van der Waals surface area contributed by atoms with Crippen LogP contribution >= 0.6 is 11.6 Å². The van der Waals surface area contributed by atoms with Crippen molar-refractivity contribution >= 4 is 29.5 Å². The van der Waals surface area contributed by atoms with Crippen molar-refractivity contribution in [2.75, 3.05) is 5.32 Å². The molecule has 2 heterocycles. The Bertz CT molecular complexity index is 538. The van der Waals surface area contributed by atoms with E-state index >= 15 is 0 Å². The molecule has 0 saturated heterocycles. The average Bonchev–Trinajstić information content (AvgIpc) is 2.63. The summed E-state index contributed by atoms with van der Waals surface area (Å²) >= 11 is 5.98. The van der Waals surface area contributed by atoms with Crippen LogP contribution in [0.2, 0.25) is 5.15 Å². The molecule has 0 atom stereocenters. The highest BCUT2D eigenvalue weighted by Gasteiger charge is 2.07. The molecule has 0 bridgehead atoms. The summed E-state index contributed by atoms with van der Waals surface area (Å²) in [5, 5.41) is 17.5. The van der Waals surface area contributed by atoms with Gasteiger partial charge in [0.1, 0.15) is 11.0 Å². The minimum atomic E-state index is 0.315. The fourth-order valence-electron chi connectivity index (χ4n) is 1.49. The molecule has 0 aliphatic carbocycles. The maximum absolute atomic E-state index is 7.23. The number of halogens is 1. The molecule has 2 rings (SSSR count). The lowest BCUT2D eigenvalue weighted by atomic mass is 10.2. The van der Waals surface area contributed by atoms with E-state index in [4.69, 9.17) is 17.0 Å². The van der Waals surface area contributed by atoms with Crippen LogP contribution in [0.25, 0.3) is 0 Å². The number of rotatable bonds is 3. The topological polar surface area (TPSA) is 77.5 Å². The highest BCUT2D eigenvalue weighted by Crippen LogP contribution is 2.21. The Kier molecular flexibility index (Phi) is 3.10. The zero-order chi connectivity index (χ0) is 12.4. The average molecular weight is 250 g/mol. The van der Waals surface area contributed by atoms with E-state index < -0.39 is 0 Å². The summed E-state index contributed by atoms with van der Waals surface area (Å²) in [7, 11) is 0. The van der Waals surface area contributed by atoms with Gasteiger partial charge in [0, 0.05) is 23.5 Å². The van der Waals surface area contributed by atoms with Crippen LogP contribution in [0, 0.1) is 19.3 Å². The molecule has 0 aromatic carbocycles. The normalized spacial score (nSPS) is 10.3. The first-order valence-electron chi connectivity index (χ1n) is 5.07. The molecular formula is C11H12ClN5. The number of hydrogen-bond acceptors (Lipinski definition) is 4. The molecule has 0 saturated carbocycles. The number of aromatic amines is 1. The first-order valence-corrected chi connectivity index (χ1v) is 5.44. The van der Waals surface area contributed by atoms with Crippen LogP contribution in [0.5, 0.6) is 0 Å². The number of aromatic nitrogens is 3. The molecule has 0 fully saturated rings. The van der Waals surface area contributed by atoms with Gasteiger partial charge in [-0.2, -0.15) is 5.10 Å². The van der Waals surface area contributed by atoms with Gasteiger partial charge < -0.3 is 10.7 Å². The van der Waals surface area contributed by atoms with Gasteiger partial charge in [0.2, 0.25) is 0 Å². The minimum Gasteiger partial charge on any atom is -0.323 e. The standard InChI is InChI=1S/C11H12ClN5/c1-6-3-9(15-11(12)8(6)5-13)14-10-4-7(2)16-17-10/h3-5,13H,1-2H3,(H2,14,15,16,17). The van der Waals surface area contributed by atoms with Crippen LogP contribution in [0.3, 0.4) is 0 Å². The van der Waals surface area contributed by atoms with E-state index in [1.807, 2.05) is 26.0 Å². The molecule has 0 unspecified atom stereocenters. The highest BCUT2D eigenvalue weighted by molar-refractivity contribution is 6.32. The van der Waals surface area contributed by atoms with Crippen molar-refractivity contribution in [3.63, 3.8) is 0 Å². The van der Waals surface area contributed by atoms with Gasteiger partial charge in [0.25, 0.3) is 0 Å². The maximum atomic E-state index is 7.23. The maximum Gasteiger partial charge on any atom is 0.153 e. The molecule has 0 amide bonds. The Hall–Kier alpha value is -1.88. The van der Waals surface area contributed by atoms with E-state index in [9.17, 15) is 0 Å². The van der Waals surface area contributed by atoms with Crippen LogP contribution in [0.1, 0.15) is 16.8 Å². The van der Waals surface area contributed by atoms with Gasteiger partial charge >= 0.3 is 0 Å². The molecule has 17 heavy (non-hydrogen) atoms. The predicted molar refractivity (Wildman–Crippen MR) is 68.5 cm³/mol. The molecule has 5 nitrogen and oxygen atoms in total. The Morgan fingerprint density at radius 1 is 1.35 bits per heavy atom. The van der Waals surface area contributed by atoms with E-state index in [-0.39, 0.29) is 0 Å². The molecule has 0 spiro atoms. The lowest BCUT2D eigenvalue weighted by Crippen LogP contribution is -1.98. The van der Waals surface area contributed by atoms with Crippen LogP contribution in [0.4, 0.5) is 11.6 Å². The summed E-state index contributed by atoms with van der Waals surface area (Å²) in [5.74, 6) is 1.30. The van der Waals surface area contributed by atoms with Crippen molar-refractivity contribution in [3.05, 3.63) is 34.1 Å². The molecule has 0 radical (unpaired) electrons. The smallest absolute Gasteiger partial charge is 0.153 e. The second-order valence-corrected chi connectivity index (χ2v) is 4.09.